The molecule has 2 aromatic rings. The quantitative estimate of drug-likeness (QED) is 0.714. The highest BCUT2D eigenvalue weighted by Crippen LogP contribution is 2.41. The van der Waals surface area contributed by atoms with Gasteiger partial charge in [0, 0.05) is 21.8 Å². The molecular weight excluding hydrogens is 390 g/mol. The van der Waals surface area contributed by atoms with E-state index in [9.17, 15) is 14.4 Å². The first-order valence-corrected chi connectivity index (χ1v) is 8.48. The number of esters is 2. The largest absolute Gasteiger partial charge is 0.469 e. The van der Waals surface area contributed by atoms with Crippen LogP contribution in [0.15, 0.2) is 34.8 Å². The molecule has 6 nitrogen and oxygen atoms in total. The Balaban J connectivity index is 2.07. The van der Waals surface area contributed by atoms with E-state index < -0.39 is 18.0 Å². The van der Waals surface area contributed by atoms with E-state index in [0.717, 1.165) is 15.2 Å². The van der Waals surface area contributed by atoms with Crippen molar-refractivity contribution < 1.29 is 23.9 Å². The molecule has 0 aromatic heterocycles. The third-order valence-electron chi connectivity index (χ3n) is 4.31. The molecule has 1 aliphatic heterocycles. The molecular formula is C18H16BrNO5. The van der Waals surface area contributed by atoms with Gasteiger partial charge in [0.05, 0.1) is 19.9 Å². The van der Waals surface area contributed by atoms with Gasteiger partial charge in [-0.15, -0.1) is 0 Å². The number of amides is 1. The van der Waals surface area contributed by atoms with Crippen LogP contribution in [0.1, 0.15) is 23.2 Å². The minimum Gasteiger partial charge on any atom is -0.469 e. The number of carbonyl (C=O) groups is 3. The van der Waals surface area contributed by atoms with Crippen LogP contribution >= 0.6 is 15.9 Å². The fraction of sp³-hybridized carbons (Fsp3) is 0.278. The second kappa shape index (κ2) is 6.84. The van der Waals surface area contributed by atoms with Gasteiger partial charge >= 0.3 is 11.9 Å². The Morgan fingerprint density at radius 1 is 1.16 bits per heavy atom. The molecule has 0 saturated heterocycles. The average Bonchev–Trinajstić information content (AvgIpc) is 2.91. The molecule has 0 radical (unpaired) electrons. The molecule has 1 atom stereocenters. The van der Waals surface area contributed by atoms with Crippen molar-refractivity contribution in [3.8, 4) is 0 Å². The topological polar surface area (TPSA) is 72.9 Å². The standard InChI is InChI=1S/C18H16BrNO5/c1-24-15(21)9-8-14(18(23)25-2)20-13-5-3-4-10-12(19)7-6-11(16(10)13)17(20)22/h3-7,14H,8-9H2,1-2H3. The zero-order valence-corrected chi connectivity index (χ0v) is 15.3. The van der Waals surface area contributed by atoms with E-state index in [1.807, 2.05) is 18.2 Å². The van der Waals surface area contributed by atoms with Gasteiger partial charge in [-0.25, -0.2) is 4.79 Å². The van der Waals surface area contributed by atoms with Crippen LogP contribution in [0.5, 0.6) is 0 Å². The maximum absolute atomic E-state index is 13.0. The van der Waals surface area contributed by atoms with Crippen molar-refractivity contribution >= 4 is 50.2 Å². The third kappa shape index (κ3) is 2.89. The molecule has 1 unspecified atom stereocenters. The van der Waals surface area contributed by atoms with Gasteiger partial charge in [-0.1, -0.05) is 28.1 Å². The van der Waals surface area contributed by atoms with Crippen molar-refractivity contribution in [1.29, 1.82) is 0 Å². The first kappa shape index (κ1) is 17.4. The predicted molar refractivity (Wildman–Crippen MR) is 95.5 cm³/mol. The molecule has 0 saturated carbocycles. The van der Waals surface area contributed by atoms with E-state index in [4.69, 9.17) is 4.74 Å². The van der Waals surface area contributed by atoms with Crippen LogP contribution in [-0.4, -0.2) is 38.1 Å². The van der Waals surface area contributed by atoms with Gasteiger partial charge in [-0.3, -0.25) is 14.5 Å². The first-order valence-electron chi connectivity index (χ1n) is 7.69. The number of hydrogen-bond acceptors (Lipinski definition) is 5. The molecule has 1 aliphatic rings. The van der Waals surface area contributed by atoms with Gasteiger partial charge in [0.25, 0.3) is 5.91 Å². The molecule has 0 N–H and O–H groups in total. The molecule has 1 amide bonds. The lowest BCUT2D eigenvalue weighted by Gasteiger charge is -2.26. The van der Waals surface area contributed by atoms with Gasteiger partial charge in [0.1, 0.15) is 6.04 Å². The van der Waals surface area contributed by atoms with E-state index in [1.165, 1.54) is 19.1 Å². The average molecular weight is 406 g/mol. The molecule has 25 heavy (non-hydrogen) atoms. The number of hydrogen-bond donors (Lipinski definition) is 0. The maximum atomic E-state index is 13.0. The molecule has 3 rings (SSSR count). The molecule has 130 valence electrons. The Labute approximate surface area is 152 Å². The third-order valence-corrected chi connectivity index (χ3v) is 5.00. The van der Waals surface area contributed by atoms with E-state index in [2.05, 4.69) is 20.7 Å². The number of nitrogens with zero attached hydrogens (tertiary/aromatic N) is 1. The van der Waals surface area contributed by atoms with Crippen LogP contribution in [0.2, 0.25) is 0 Å². The summed E-state index contributed by atoms with van der Waals surface area (Å²) < 4.78 is 10.4. The van der Waals surface area contributed by atoms with Gasteiger partial charge in [-0.2, -0.15) is 0 Å². The van der Waals surface area contributed by atoms with Crippen molar-refractivity contribution in [2.24, 2.45) is 0 Å². The summed E-state index contributed by atoms with van der Waals surface area (Å²) in [6.45, 7) is 0. The number of ether oxygens (including phenoxy) is 2. The molecule has 0 aliphatic carbocycles. The highest BCUT2D eigenvalue weighted by molar-refractivity contribution is 9.10. The Morgan fingerprint density at radius 3 is 2.60 bits per heavy atom. The SMILES string of the molecule is COC(=O)CCC(C(=O)OC)N1C(=O)c2ccc(Br)c3cccc1c23. The van der Waals surface area contributed by atoms with Gasteiger partial charge < -0.3 is 9.47 Å². The summed E-state index contributed by atoms with van der Waals surface area (Å²) in [6.07, 6.45) is 0.132. The fourth-order valence-electron chi connectivity index (χ4n) is 3.12. The van der Waals surface area contributed by atoms with Crippen LogP contribution in [0.25, 0.3) is 10.8 Å². The van der Waals surface area contributed by atoms with Crippen molar-refractivity contribution in [2.75, 3.05) is 19.1 Å². The Hall–Kier alpha value is -2.41. The molecule has 7 heteroatoms. The summed E-state index contributed by atoms with van der Waals surface area (Å²) in [7, 11) is 2.54. The fourth-order valence-corrected chi connectivity index (χ4v) is 3.59. The Morgan fingerprint density at radius 2 is 1.92 bits per heavy atom. The summed E-state index contributed by atoms with van der Waals surface area (Å²) in [4.78, 5) is 38.2. The zero-order chi connectivity index (χ0) is 18.1. The van der Waals surface area contributed by atoms with E-state index in [-0.39, 0.29) is 18.7 Å². The van der Waals surface area contributed by atoms with Crippen molar-refractivity contribution in [3.05, 3.63) is 40.4 Å². The first-order chi connectivity index (χ1) is 12.0. The van der Waals surface area contributed by atoms with Gasteiger partial charge in [-0.05, 0) is 30.0 Å². The van der Waals surface area contributed by atoms with Gasteiger partial charge in [0.2, 0.25) is 0 Å². The number of rotatable bonds is 5. The maximum Gasteiger partial charge on any atom is 0.328 e. The highest BCUT2D eigenvalue weighted by Gasteiger charge is 2.39. The summed E-state index contributed by atoms with van der Waals surface area (Å²) in [5.41, 5.74) is 1.17. The molecule has 2 aromatic carbocycles. The number of carbonyl (C=O) groups excluding carboxylic acids is 3. The minimum atomic E-state index is -0.895. The lowest BCUT2D eigenvalue weighted by molar-refractivity contribution is -0.143. The van der Waals surface area contributed by atoms with E-state index in [0.29, 0.717) is 11.3 Å². The lowest BCUT2D eigenvalue weighted by Crippen LogP contribution is -2.44. The summed E-state index contributed by atoms with van der Waals surface area (Å²) in [5.74, 6) is -1.29. The van der Waals surface area contributed by atoms with Crippen molar-refractivity contribution in [3.63, 3.8) is 0 Å². The van der Waals surface area contributed by atoms with Crippen LogP contribution in [-0.2, 0) is 19.1 Å². The predicted octanol–water partition coefficient (Wildman–Crippen LogP) is 3.06. The second-order valence-electron chi connectivity index (χ2n) is 5.62. The van der Waals surface area contributed by atoms with Crippen molar-refractivity contribution in [2.45, 2.75) is 18.9 Å². The van der Waals surface area contributed by atoms with Crippen LogP contribution < -0.4 is 4.90 Å². The molecule has 1 heterocycles. The molecule has 0 spiro atoms. The van der Waals surface area contributed by atoms with Crippen LogP contribution in [0, 0.1) is 0 Å². The Bertz CT molecular complexity index is 879. The highest BCUT2D eigenvalue weighted by atomic mass is 79.9. The van der Waals surface area contributed by atoms with E-state index >= 15 is 0 Å². The zero-order valence-electron chi connectivity index (χ0n) is 13.7. The van der Waals surface area contributed by atoms with E-state index in [1.54, 1.807) is 12.1 Å². The number of benzene rings is 2. The normalized spacial score (nSPS) is 13.9. The number of methoxy groups -OCH3 is 2. The number of anilines is 1. The van der Waals surface area contributed by atoms with Crippen molar-refractivity contribution in [1.82, 2.24) is 0 Å². The molecule has 0 bridgehead atoms. The van der Waals surface area contributed by atoms with Crippen LogP contribution in [0.4, 0.5) is 5.69 Å². The monoisotopic (exact) mass is 405 g/mol. The Kier molecular flexibility index (Phi) is 4.76. The summed E-state index contributed by atoms with van der Waals surface area (Å²) in [6, 6.07) is 8.17. The minimum absolute atomic E-state index is 0.00998. The lowest BCUT2D eigenvalue weighted by atomic mass is 10.1. The smallest absolute Gasteiger partial charge is 0.328 e. The second-order valence-corrected chi connectivity index (χ2v) is 6.48. The molecule has 0 fully saturated rings. The van der Waals surface area contributed by atoms with Gasteiger partial charge in [0.15, 0.2) is 0 Å². The summed E-state index contributed by atoms with van der Waals surface area (Å²) in [5, 5.41) is 1.68. The summed E-state index contributed by atoms with van der Waals surface area (Å²) >= 11 is 3.49. The van der Waals surface area contributed by atoms with Crippen LogP contribution in [0.3, 0.4) is 0 Å². The number of halogens is 1.